The number of nitrogens with two attached hydrogens (primary N) is 1. The van der Waals surface area contributed by atoms with Gasteiger partial charge in [0.1, 0.15) is 6.73 Å². The Kier molecular flexibility index (Phi) is 4.39. The molecule has 3 heteroatoms. The van der Waals surface area contributed by atoms with Gasteiger partial charge in [-0.05, 0) is 42.8 Å². The van der Waals surface area contributed by atoms with Crippen LogP contribution in [0, 0.1) is 0 Å². The maximum absolute atomic E-state index is 6.01. The molecule has 0 amide bonds. The molecule has 0 aliphatic rings. The third-order valence-electron chi connectivity index (χ3n) is 3.30. The van der Waals surface area contributed by atoms with Crippen LogP contribution in [0.4, 0.5) is 0 Å². The molecule has 0 spiro atoms. The van der Waals surface area contributed by atoms with Crippen LogP contribution in [0.5, 0.6) is 0 Å². The Morgan fingerprint density at radius 2 is 2.11 bits per heavy atom. The van der Waals surface area contributed by atoms with Crippen LogP contribution in [0.2, 0.25) is 0 Å². The molecule has 2 rings (SSSR count). The summed E-state index contributed by atoms with van der Waals surface area (Å²) >= 11 is 0. The predicted molar refractivity (Wildman–Crippen MR) is 75.5 cm³/mol. The smallest absolute Gasteiger partial charge is 0.122 e. The van der Waals surface area contributed by atoms with Crippen LogP contribution in [0.3, 0.4) is 0 Å². The van der Waals surface area contributed by atoms with Gasteiger partial charge in [-0.1, -0.05) is 19.1 Å². The van der Waals surface area contributed by atoms with E-state index >= 15 is 0 Å². The molecular weight excluding hydrogens is 224 g/mol. The summed E-state index contributed by atoms with van der Waals surface area (Å²) in [6.45, 7) is 5.49. The monoisotopic (exact) mass is 246 g/mol. The van der Waals surface area contributed by atoms with Gasteiger partial charge in [0.2, 0.25) is 0 Å². The standard InChI is InChI=1S/C15H22N2O/c1-3-14(16)9-12-5-6-13-7-8-17(11-18-4-2)15(13)10-12/h5-8,10,14H,3-4,9,11,16H2,1-2H3. The maximum Gasteiger partial charge on any atom is 0.122 e. The molecule has 0 radical (unpaired) electrons. The highest BCUT2D eigenvalue weighted by molar-refractivity contribution is 5.80. The van der Waals surface area contributed by atoms with Crippen molar-refractivity contribution in [1.82, 2.24) is 4.57 Å². The Bertz CT molecular complexity index is 504. The molecule has 2 aromatic rings. The molecule has 0 saturated heterocycles. The highest BCUT2D eigenvalue weighted by Crippen LogP contribution is 2.19. The van der Waals surface area contributed by atoms with Crippen molar-refractivity contribution in [2.75, 3.05) is 6.61 Å². The summed E-state index contributed by atoms with van der Waals surface area (Å²) in [5.41, 5.74) is 8.54. The van der Waals surface area contributed by atoms with E-state index in [2.05, 4.69) is 42.0 Å². The fourth-order valence-electron chi connectivity index (χ4n) is 2.11. The Labute approximate surface area is 109 Å². The van der Waals surface area contributed by atoms with Crippen molar-refractivity contribution in [3.05, 3.63) is 36.0 Å². The third kappa shape index (κ3) is 2.92. The highest BCUT2D eigenvalue weighted by atomic mass is 16.5. The van der Waals surface area contributed by atoms with Crippen LogP contribution in [0.25, 0.3) is 10.9 Å². The summed E-state index contributed by atoms with van der Waals surface area (Å²) < 4.78 is 7.61. The maximum atomic E-state index is 6.01. The largest absolute Gasteiger partial charge is 0.361 e. The second-order valence-electron chi connectivity index (χ2n) is 4.67. The van der Waals surface area contributed by atoms with Crippen LogP contribution < -0.4 is 5.73 Å². The van der Waals surface area contributed by atoms with Crippen molar-refractivity contribution in [2.24, 2.45) is 5.73 Å². The SMILES string of the molecule is CCOCn1ccc2ccc(CC(N)CC)cc21. The third-order valence-corrected chi connectivity index (χ3v) is 3.30. The van der Waals surface area contributed by atoms with E-state index in [1.807, 2.05) is 6.92 Å². The topological polar surface area (TPSA) is 40.2 Å². The Hall–Kier alpha value is -1.32. The van der Waals surface area contributed by atoms with Gasteiger partial charge in [0.25, 0.3) is 0 Å². The van der Waals surface area contributed by atoms with Crippen molar-refractivity contribution >= 4 is 10.9 Å². The van der Waals surface area contributed by atoms with E-state index < -0.39 is 0 Å². The minimum atomic E-state index is 0.248. The molecule has 1 unspecified atom stereocenters. The van der Waals surface area contributed by atoms with E-state index in [-0.39, 0.29) is 6.04 Å². The van der Waals surface area contributed by atoms with Crippen LogP contribution in [0.15, 0.2) is 30.5 Å². The van der Waals surface area contributed by atoms with Crippen LogP contribution >= 0.6 is 0 Å². The molecule has 0 fully saturated rings. The Balaban J connectivity index is 2.24. The lowest BCUT2D eigenvalue weighted by Crippen LogP contribution is -2.21. The number of hydrogen-bond donors (Lipinski definition) is 1. The Morgan fingerprint density at radius 3 is 2.83 bits per heavy atom. The molecule has 98 valence electrons. The van der Waals surface area contributed by atoms with Crippen molar-refractivity contribution in [1.29, 1.82) is 0 Å². The number of ether oxygens (including phenoxy) is 1. The van der Waals surface area contributed by atoms with E-state index in [1.165, 1.54) is 16.5 Å². The van der Waals surface area contributed by atoms with E-state index in [0.29, 0.717) is 6.73 Å². The zero-order chi connectivity index (χ0) is 13.0. The van der Waals surface area contributed by atoms with Gasteiger partial charge < -0.3 is 15.0 Å². The quantitative estimate of drug-likeness (QED) is 0.851. The van der Waals surface area contributed by atoms with Gasteiger partial charge in [-0.2, -0.15) is 0 Å². The lowest BCUT2D eigenvalue weighted by atomic mass is 10.0. The molecule has 1 atom stereocenters. The molecule has 1 aromatic carbocycles. The van der Waals surface area contributed by atoms with Gasteiger partial charge in [-0.25, -0.2) is 0 Å². The highest BCUT2D eigenvalue weighted by Gasteiger charge is 2.05. The summed E-state index contributed by atoms with van der Waals surface area (Å²) in [4.78, 5) is 0. The Morgan fingerprint density at radius 1 is 1.28 bits per heavy atom. The van der Waals surface area contributed by atoms with E-state index in [9.17, 15) is 0 Å². The number of fused-ring (bicyclic) bond motifs is 1. The van der Waals surface area contributed by atoms with Gasteiger partial charge in [-0.15, -0.1) is 0 Å². The number of nitrogens with zero attached hydrogens (tertiary/aromatic N) is 1. The minimum absolute atomic E-state index is 0.248. The molecular formula is C15H22N2O. The van der Waals surface area contributed by atoms with Gasteiger partial charge in [-0.3, -0.25) is 0 Å². The molecule has 0 aliphatic heterocycles. The minimum Gasteiger partial charge on any atom is -0.361 e. The molecule has 2 N–H and O–H groups in total. The van der Waals surface area contributed by atoms with Crippen molar-refractivity contribution in [2.45, 2.75) is 39.5 Å². The summed E-state index contributed by atoms with van der Waals surface area (Å²) in [6, 6.07) is 8.93. The van der Waals surface area contributed by atoms with Gasteiger partial charge in [0.15, 0.2) is 0 Å². The number of rotatable bonds is 6. The van der Waals surface area contributed by atoms with Crippen LogP contribution in [0.1, 0.15) is 25.8 Å². The molecule has 0 saturated carbocycles. The first-order valence-electron chi connectivity index (χ1n) is 6.65. The first kappa shape index (κ1) is 13.1. The van der Waals surface area contributed by atoms with Gasteiger partial charge in [0.05, 0.1) is 5.52 Å². The molecule has 1 heterocycles. The summed E-state index contributed by atoms with van der Waals surface area (Å²) in [7, 11) is 0. The molecule has 0 bridgehead atoms. The van der Waals surface area contributed by atoms with Crippen LogP contribution in [-0.4, -0.2) is 17.2 Å². The lowest BCUT2D eigenvalue weighted by Gasteiger charge is -2.10. The first-order valence-corrected chi connectivity index (χ1v) is 6.65. The molecule has 1 aromatic heterocycles. The fourth-order valence-corrected chi connectivity index (χ4v) is 2.11. The fraction of sp³-hybridized carbons (Fsp3) is 0.467. The van der Waals surface area contributed by atoms with Gasteiger partial charge in [0, 0.05) is 18.8 Å². The van der Waals surface area contributed by atoms with Crippen molar-refractivity contribution in [3.63, 3.8) is 0 Å². The average Bonchev–Trinajstić information content (AvgIpc) is 2.78. The number of hydrogen-bond acceptors (Lipinski definition) is 2. The first-order chi connectivity index (χ1) is 8.74. The summed E-state index contributed by atoms with van der Waals surface area (Å²) in [5, 5.41) is 1.25. The molecule has 0 aliphatic carbocycles. The molecule has 3 nitrogen and oxygen atoms in total. The zero-order valence-electron chi connectivity index (χ0n) is 11.2. The van der Waals surface area contributed by atoms with Gasteiger partial charge >= 0.3 is 0 Å². The summed E-state index contributed by atoms with van der Waals surface area (Å²) in [6.07, 6.45) is 4.02. The van der Waals surface area contributed by atoms with E-state index in [1.54, 1.807) is 0 Å². The normalized spacial score (nSPS) is 13.1. The van der Waals surface area contributed by atoms with E-state index in [4.69, 9.17) is 10.5 Å². The number of aromatic nitrogens is 1. The summed E-state index contributed by atoms with van der Waals surface area (Å²) in [5.74, 6) is 0. The average molecular weight is 246 g/mol. The van der Waals surface area contributed by atoms with Crippen LogP contribution in [-0.2, 0) is 17.9 Å². The second-order valence-corrected chi connectivity index (χ2v) is 4.67. The molecule has 18 heavy (non-hydrogen) atoms. The second kappa shape index (κ2) is 6.03. The van der Waals surface area contributed by atoms with Crippen molar-refractivity contribution in [3.8, 4) is 0 Å². The van der Waals surface area contributed by atoms with Crippen molar-refractivity contribution < 1.29 is 4.74 Å². The lowest BCUT2D eigenvalue weighted by molar-refractivity contribution is 0.0909. The zero-order valence-corrected chi connectivity index (χ0v) is 11.2. The van der Waals surface area contributed by atoms with E-state index in [0.717, 1.165) is 19.4 Å². The number of benzene rings is 1. The predicted octanol–water partition coefficient (Wildman–Crippen LogP) is 2.92.